The fourth-order valence-electron chi connectivity index (χ4n) is 5.70. The Bertz CT molecular complexity index is 766. The van der Waals surface area contributed by atoms with E-state index in [0.29, 0.717) is 23.1 Å². The summed E-state index contributed by atoms with van der Waals surface area (Å²) in [5.74, 6) is -1.05. The average molecular weight is 346 g/mol. The molecule has 0 spiro atoms. The van der Waals surface area contributed by atoms with Crippen molar-refractivity contribution in [3.8, 4) is 11.5 Å². The van der Waals surface area contributed by atoms with Gasteiger partial charge in [0.2, 0.25) is 0 Å². The molecule has 136 valence electrons. The molecule has 1 saturated carbocycles. The van der Waals surface area contributed by atoms with Gasteiger partial charge in [-0.15, -0.1) is 0 Å². The number of hydrogen-bond donors (Lipinski definition) is 3. The molecule has 2 fully saturated rings. The van der Waals surface area contributed by atoms with Crippen LogP contribution in [0.25, 0.3) is 0 Å². The number of phenolic OH excluding ortho intramolecular Hbond substituents is 2. The summed E-state index contributed by atoms with van der Waals surface area (Å²) >= 11 is 0. The first-order chi connectivity index (χ1) is 11.6. The Labute approximate surface area is 147 Å². The van der Waals surface area contributed by atoms with Gasteiger partial charge in [0.05, 0.1) is 0 Å². The maximum Gasteiger partial charge on any atom is 0.317 e. The van der Waals surface area contributed by atoms with Crippen molar-refractivity contribution in [3.05, 3.63) is 22.8 Å². The minimum absolute atomic E-state index is 0.0179. The summed E-state index contributed by atoms with van der Waals surface area (Å²) in [5, 5.41) is 32.4. The zero-order valence-electron chi connectivity index (χ0n) is 15.2. The highest BCUT2D eigenvalue weighted by atomic mass is 16.6. The molecule has 3 aliphatic rings. The van der Waals surface area contributed by atoms with Crippen molar-refractivity contribution >= 4 is 5.97 Å². The van der Waals surface area contributed by atoms with Crippen molar-refractivity contribution in [3.63, 3.8) is 0 Å². The van der Waals surface area contributed by atoms with Gasteiger partial charge >= 0.3 is 5.97 Å². The van der Waals surface area contributed by atoms with Crippen LogP contribution in [0.1, 0.15) is 75.7 Å². The van der Waals surface area contributed by atoms with Crippen LogP contribution < -0.4 is 0 Å². The summed E-state index contributed by atoms with van der Waals surface area (Å²) in [5.41, 5.74) is 0.319. The molecule has 3 N–H and O–H groups in total. The minimum atomic E-state index is -0.985. The maximum atomic E-state index is 13.0. The standard InChI is InChI=1S/C20H26O5/c1-9(2)10-8-11-12(15(23)13(10)21)20-7-5-6-19(3,4)17(20)16(14(11)22)25-18(20)24/h8-9,14,16-17,21-23H,5-7H2,1-4H3/t14-,16+,17?,20+/m1/s1. The highest BCUT2D eigenvalue weighted by Crippen LogP contribution is 2.66. The second-order valence-corrected chi connectivity index (χ2v) is 8.89. The van der Waals surface area contributed by atoms with Gasteiger partial charge in [-0.2, -0.15) is 0 Å². The summed E-state index contributed by atoms with van der Waals surface area (Å²) < 4.78 is 5.67. The molecule has 4 atom stereocenters. The van der Waals surface area contributed by atoms with Gasteiger partial charge in [0.25, 0.3) is 0 Å². The number of carbonyl (C=O) groups is 1. The van der Waals surface area contributed by atoms with E-state index in [4.69, 9.17) is 4.74 Å². The lowest BCUT2D eigenvalue weighted by molar-refractivity contribution is -0.148. The zero-order valence-corrected chi connectivity index (χ0v) is 15.2. The van der Waals surface area contributed by atoms with E-state index in [1.165, 1.54) is 0 Å². The predicted molar refractivity (Wildman–Crippen MR) is 91.5 cm³/mol. The summed E-state index contributed by atoms with van der Waals surface area (Å²) in [6.45, 7) is 8.02. The smallest absolute Gasteiger partial charge is 0.317 e. The lowest BCUT2D eigenvalue weighted by Gasteiger charge is -2.51. The first kappa shape index (κ1) is 16.7. The number of benzene rings is 1. The molecule has 2 aliphatic carbocycles. The Hall–Kier alpha value is -1.75. The Kier molecular flexibility index (Phi) is 3.28. The van der Waals surface area contributed by atoms with Gasteiger partial charge in [0, 0.05) is 17.0 Å². The molecule has 2 bridgehead atoms. The molecule has 1 aromatic carbocycles. The summed E-state index contributed by atoms with van der Waals surface area (Å²) in [6, 6.07) is 1.74. The zero-order chi connectivity index (χ0) is 18.3. The number of phenols is 2. The molecule has 0 radical (unpaired) electrons. The van der Waals surface area contributed by atoms with E-state index >= 15 is 0 Å². The largest absolute Gasteiger partial charge is 0.504 e. The molecular weight excluding hydrogens is 320 g/mol. The number of aliphatic hydroxyl groups excluding tert-OH is 1. The molecule has 1 heterocycles. The topological polar surface area (TPSA) is 87.0 Å². The highest BCUT2D eigenvalue weighted by Gasteiger charge is 2.70. The molecule has 1 saturated heterocycles. The monoisotopic (exact) mass is 346 g/mol. The van der Waals surface area contributed by atoms with Gasteiger partial charge in [-0.05, 0) is 35.8 Å². The molecule has 0 amide bonds. The molecule has 5 nitrogen and oxygen atoms in total. The molecule has 1 aromatic rings. The van der Waals surface area contributed by atoms with Crippen LogP contribution in [-0.4, -0.2) is 27.4 Å². The Morgan fingerprint density at radius 1 is 1.20 bits per heavy atom. The molecule has 1 aliphatic heterocycles. The number of aromatic hydroxyl groups is 2. The Morgan fingerprint density at radius 3 is 2.52 bits per heavy atom. The van der Waals surface area contributed by atoms with Crippen LogP contribution in [0, 0.1) is 11.3 Å². The van der Waals surface area contributed by atoms with Gasteiger partial charge in [-0.1, -0.05) is 34.1 Å². The summed E-state index contributed by atoms with van der Waals surface area (Å²) in [6.07, 6.45) is 0.767. The molecule has 5 heteroatoms. The SMILES string of the molecule is CC(C)c1cc2c(c(O)c1O)[C@@]13CCCC(C)(C)C1[C@@H](OC3=O)[C@@H]2O. The van der Waals surface area contributed by atoms with E-state index < -0.39 is 17.6 Å². The molecule has 1 unspecified atom stereocenters. The number of aliphatic hydroxyl groups is 1. The number of hydrogen-bond acceptors (Lipinski definition) is 5. The number of fused-ring (bicyclic) bond motifs is 1. The molecular formula is C20H26O5. The van der Waals surface area contributed by atoms with Gasteiger partial charge in [0.1, 0.15) is 17.6 Å². The lowest BCUT2D eigenvalue weighted by Crippen LogP contribution is -2.54. The number of rotatable bonds is 1. The van der Waals surface area contributed by atoms with E-state index in [1.807, 2.05) is 13.8 Å². The normalized spacial score (nSPS) is 35.3. The van der Waals surface area contributed by atoms with Gasteiger partial charge in [-0.3, -0.25) is 4.79 Å². The summed E-state index contributed by atoms with van der Waals surface area (Å²) in [4.78, 5) is 13.0. The van der Waals surface area contributed by atoms with E-state index in [-0.39, 0.29) is 34.7 Å². The Balaban J connectivity index is 2.06. The maximum absolute atomic E-state index is 13.0. The van der Waals surface area contributed by atoms with Crippen LogP contribution in [0.5, 0.6) is 11.5 Å². The quantitative estimate of drug-likeness (QED) is 0.537. The third kappa shape index (κ3) is 1.85. The molecule has 25 heavy (non-hydrogen) atoms. The van der Waals surface area contributed by atoms with E-state index in [2.05, 4.69) is 13.8 Å². The number of esters is 1. The fraction of sp³-hybridized carbons (Fsp3) is 0.650. The first-order valence-electron chi connectivity index (χ1n) is 9.11. The van der Waals surface area contributed by atoms with Crippen molar-refractivity contribution in [1.82, 2.24) is 0 Å². The van der Waals surface area contributed by atoms with E-state index in [9.17, 15) is 20.1 Å². The highest BCUT2D eigenvalue weighted by molar-refractivity contribution is 5.90. The van der Waals surface area contributed by atoms with E-state index in [1.54, 1.807) is 6.07 Å². The van der Waals surface area contributed by atoms with Crippen molar-refractivity contribution in [1.29, 1.82) is 0 Å². The lowest BCUT2D eigenvalue weighted by atomic mass is 9.49. The predicted octanol–water partition coefficient (Wildman–Crippen LogP) is 3.26. The van der Waals surface area contributed by atoms with Crippen LogP contribution in [0.15, 0.2) is 6.07 Å². The number of ether oxygens (including phenoxy) is 1. The van der Waals surface area contributed by atoms with Crippen molar-refractivity contribution in [2.24, 2.45) is 11.3 Å². The van der Waals surface area contributed by atoms with Crippen molar-refractivity contribution in [2.45, 2.75) is 70.5 Å². The van der Waals surface area contributed by atoms with Crippen LogP contribution in [-0.2, 0) is 14.9 Å². The van der Waals surface area contributed by atoms with E-state index in [0.717, 1.165) is 12.8 Å². The average Bonchev–Trinajstić information content (AvgIpc) is 2.79. The van der Waals surface area contributed by atoms with Gasteiger partial charge in [-0.25, -0.2) is 0 Å². The van der Waals surface area contributed by atoms with Crippen LogP contribution >= 0.6 is 0 Å². The second kappa shape index (κ2) is 4.91. The van der Waals surface area contributed by atoms with Crippen LogP contribution in [0.2, 0.25) is 0 Å². The molecule has 4 rings (SSSR count). The van der Waals surface area contributed by atoms with Crippen molar-refractivity contribution < 1.29 is 24.9 Å². The second-order valence-electron chi connectivity index (χ2n) is 8.89. The number of carbonyl (C=O) groups excluding carboxylic acids is 1. The Morgan fingerprint density at radius 2 is 1.88 bits per heavy atom. The third-order valence-corrected chi connectivity index (χ3v) is 6.73. The third-order valence-electron chi connectivity index (χ3n) is 6.73. The molecule has 0 aromatic heterocycles. The van der Waals surface area contributed by atoms with Crippen LogP contribution in [0.4, 0.5) is 0 Å². The minimum Gasteiger partial charge on any atom is -0.504 e. The summed E-state index contributed by atoms with van der Waals surface area (Å²) in [7, 11) is 0. The fourth-order valence-corrected chi connectivity index (χ4v) is 5.70. The van der Waals surface area contributed by atoms with Gasteiger partial charge in [0.15, 0.2) is 11.5 Å². The van der Waals surface area contributed by atoms with Crippen LogP contribution in [0.3, 0.4) is 0 Å². The van der Waals surface area contributed by atoms with Crippen molar-refractivity contribution in [2.75, 3.05) is 0 Å². The first-order valence-corrected chi connectivity index (χ1v) is 9.11. The van der Waals surface area contributed by atoms with Gasteiger partial charge < -0.3 is 20.1 Å².